The Morgan fingerprint density at radius 3 is 2.32 bits per heavy atom. The Hall–Kier alpha value is -1.82. The molecule has 1 fully saturated rings. The molecular weight excluding hydrogens is 326 g/mol. The van der Waals surface area contributed by atoms with Gasteiger partial charge in [-0.1, -0.05) is 13.8 Å². The first kappa shape index (κ1) is 21.2. The third kappa shape index (κ3) is 5.59. The van der Waals surface area contributed by atoms with Gasteiger partial charge in [-0.2, -0.15) is 0 Å². The summed E-state index contributed by atoms with van der Waals surface area (Å²) in [5, 5.41) is 5.62. The molecule has 1 amide bonds. The fourth-order valence-corrected chi connectivity index (χ4v) is 3.14. The molecule has 0 saturated carbocycles. The standard InChI is InChI=1S/C17H22F2N2O2.C2H6/c1-20-17(23)13(3-2-8-22)16-14(18)9-12(10-15(16)19)11-4-6-21-7-5-11;1-2/h8-11,13,21H,2-7H2,1H3,(H,20,23);1-2H3. The maximum absolute atomic E-state index is 14.5. The molecule has 1 unspecified atom stereocenters. The zero-order valence-electron chi connectivity index (χ0n) is 15.2. The molecule has 6 heteroatoms. The van der Waals surface area contributed by atoms with E-state index in [4.69, 9.17) is 0 Å². The van der Waals surface area contributed by atoms with E-state index in [9.17, 15) is 18.4 Å². The van der Waals surface area contributed by atoms with Gasteiger partial charge in [0.25, 0.3) is 0 Å². The van der Waals surface area contributed by atoms with Gasteiger partial charge < -0.3 is 15.4 Å². The van der Waals surface area contributed by atoms with Crippen molar-refractivity contribution in [2.24, 2.45) is 0 Å². The molecule has 0 spiro atoms. The van der Waals surface area contributed by atoms with E-state index in [0.717, 1.165) is 25.9 Å². The Bertz CT molecular complexity index is 550. The van der Waals surface area contributed by atoms with Crippen molar-refractivity contribution in [3.8, 4) is 0 Å². The van der Waals surface area contributed by atoms with E-state index in [1.54, 1.807) is 0 Å². The second kappa shape index (κ2) is 10.9. The van der Waals surface area contributed by atoms with Crippen LogP contribution in [-0.2, 0) is 9.59 Å². The molecule has 2 rings (SSSR count). The van der Waals surface area contributed by atoms with Gasteiger partial charge in [0.05, 0.1) is 5.92 Å². The first-order chi connectivity index (χ1) is 12.1. The molecule has 2 N–H and O–H groups in total. The summed E-state index contributed by atoms with van der Waals surface area (Å²) in [5.74, 6) is -2.77. The summed E-state index contributed by atoms with van der Waals surface area (Å²) in [6.07, 6.45) is 2.48. The topological polar surface area (TPSA) is 58.2 Å². The number of hydrogen-bond donors (Lipinski definition) is 2. The highest BCUT2D eigenvalue weighted by molar-refractivity contribution is 5.83. The maximum atomic E-state index is 14.5. The number of benzene rings is 1. The lowest BCUT2D eigenvalue weighted by Gasteiger charge is -2.24. The Morgan fingerprint density at radius 1 is 1.28 bits per heavy atom. The van der Waals surface area contributed by atoms with Crippen LogP contribution in [0.1, 0.15) is 62.5 Å². The number of carbonyl (C=O) groups is 2. The lowest BCUT2D eigenvalue weighted by atomic mass is 9.86. The summed E-state index contributed by atoms with van der Waals surface area (Å²) in [7, 11) is 1.41. The molecule has 1 aliphatic heterocycles. The summed E-state index contributed by atoms with van der Waals surface area (Å²) >= 11 is 0. The molecule has 4 nitrogen and oxygen atoms in total. The summed E-state index contributed by atoms with van der Waals surface area (Å²) in [4.78, 5) is 22.5. The fraction of sp³-hybridized carbons (Fsp3) is 0.579. The minimum absolute atomic E-state index is 0.0764. The van der Waals surface area contributed by atoms with Gasteiger partial charge in [0.2, 0.25) is 5.91 Å². The lowest BCUT2D eigenvalue weighted by molar-refractivity contribution is -0.122. The van der Waals surface area contributed by atoms with Crippen molar-refractivity contribution < 1.29 is 18.4 Å². The van der Waals surface area contributed by atoms with Crippen LogP contribution < -0.4 is 10.6 Å². The van der Waals surface area contributed by atoms with Gasteiger partial charge in [-0.25, -0.2) is 8.78 Å². The van der Waals surface area contributed by atoms with Gasteiger partial charge in [-0.05, 0) is 56.0 Å². The van der Waals surface area contributed by atoms with Crippen LogP contribution in [0.5, 0.6) is 0 Å². The molecule has 0 bridgehead atoms. The van der Waals surface area contributed by atoms with Crippen molar-refractivity contribution in [1.82, 2.24) is 10.6 Å². The van der Waals surface area contributed by atoms with Crippen LogP contribution >= 0.6 is 0 Å². The number of rotatable bonds is 6. The van der Waals surface area contributed by atoms with Crippen LogP contribution in [0.3, 0.4) is 0 Å². The van der Waals surface area contributed by atoms with Crippen molar-refractivity contribution in [2.75, 3.05) is 20.1 Å². The number of likely N-dealkylation sites (N-methyl/N-ethyl adjacent to an activating group) is 1. The third-order valence-corrected chi connectivity index (χ3v) is 4.40. The Morgan fingerprint density at radius 2 is 1.84 bits per heavy atom. The number of amides is 1. The van der Waals surface area contributed by atoms with Crippen molar-refractivity contribution >= 4 is 12.2 Å². The zero-order chi connectivity index (χ0) is 18.8. The average molecular weight is 354 g/mol. The van der Waals surface area contributed by atoms with Gasteiger partial charge >= 0.3 is 0 Å². The number of nitrogens with one attached hydrogen (secondary N) is 2. The quantitative estimate of drug-likeness (QED) is 0.771. The van der Waals surface area contributed by atoms with E-state index < -0.39 is 23.5 Å². The zero-order valence-corrected chi connectivity index (χ0v) is 15.2. The van der Waals surface area contributed by atoms with Gasteiger partial charge in [-0.15, -0.1) is 0 Å². The highest BCUT2D eigenvalue weighted by atomic mass is 19.1. The lowest BCUT2D eigenvalue weighted by Crippen LogP contribution is -2.28. The second-order valence-electron chi connectivity index (χ2n) is 5.83. The molecule has 0 aromatic heterocycles. The van der Waals surface area contributed by atoms with Gasteiger partial charge in [-0.3, -0.25) is 4.79 Å². The Labute approximate surface area is 148 Å². The van der Waals surface area contributed by atoms with E-state index >= 15 is 0 Å². The highest BCUT2D eigenvalue weighted by Gasteiger charge is 2.28. The van der Waals surface area contributed by atoms with E-state index in [2.05, 4.69) is 10.6 Å². The predicted octanol–water partition coefficient (Wildman–Crippen LogP) is 3.27. The van der Waals surface area contributed by atoms with E-state index in [1.165, 1.54) is 19.2 Å². The SMILES string of the molecule is CC.CNC(=O)C(CCC=O)c1c(F)cc(C2CCNCC2)cc1F. The number of hydrogen-bond acceptors (Lipinski definition) is 3. The van der Waals surface area contributed by atoms with Crippen molar-refractivity contribution in [1.29, 1.82) is 0 Å². The van der Waals surface area contributed by atoms with Gasteiger partial charge in [0, 0.05) is 19.0 Å². The van der Waals surface area contributed by atoms with Crippen LogP contribution in [0, 0.1) is 11.6 Å². The van der Waals surface area contributed by atoms with Crippen molar-refractivity contribution in [3.63, 3.8) is 0 Å². The molecule has 1 heterocycles. The predicted molar refractivity (Wildman–Crippen MR) is 94.7 cm³/mol. The summed E-state index contributed by atoms with van der Waals surface area (Å²) in [6, 6.07) is 2.68. The molecule has 0 aliphatic carbocycles. The Kier molecular flexibility index (Phi) is 9.27. The van der Waals surface area contributed by atoms with Crippen molar-refractivity contribution in [3.05, 3.63) is 34.9 Å². The van der Waals surface area contributed by atoms with Crippen molar-refractivity contribution in [2.45, 2.75) is 51.4 Å². The van der Waals surface area contributed by atoms with Crippen LogP contribution in [-0.4, -0.2) is 32.3 Å². The largest absolute Gasteiger partial charge is 0.359 e. The molecule has 25 heavy (non-hydrogen) atoms. The normalized spacial score (nSPS) is 15.7. The van der Waals surface area contributed by atoms with Gasteiger partial charge in [0.1, 0.15) is 17.9 Å². The molecule has 140 valence electrons. The summed E-state index contributed by atoms with van der Waals surface area (Å²) < 4.78 is 29.0. The molecule has 1 aromatic carbocycles. The minimum Gasteiger partial charge on any atom is -0.359 e. The third-order valence-electron chi connectivity index (χ3n) is 4.40. The smallest absolute Gasteiger partial charge is 0.227 e. The maximum Gasteiger partial charge on any atom is 0.227 e. The highest BCUT2D eigenvalue weighted by Crippen LogP contribution is 2.32. The monoisotopic (exact) mass is 354 g/mol. The summed E-state index contributed by atoms with van der Waals surface area (Å²) in [6.45, 7) is 5.66. The molecule has 1 atom stereocenters. The average Bonchev–Trinajstić information content (AvgIpc) is 2.65. The van der Waals surface area contributed by atoms with E-state index in [1.807, 2.05) is 13.8 Å². The van der Waals surface area contributed by atoms with E-state index in [-0.39, 0.29) is 24.3 Å². The molecular formula is C19H28F2N2O2. The van der Waals surface area contributed by atoms with Gasteiger partial charge in [0.15, 0.2) is 0 Å². The Balaban J connectivity index is 0.00000151. The summed E-state index contributed by atoms with van der Waals surface area (Å²) in [5.41, 5.74) is 0.389. The number of piperidine rings is 1. The number of carbonyl (C=O) groups excluding carboxylic acids is 2. The molecule has 1 aliphatic rings. The first-order valence-electron chi connectivity index (χ1n) is 8.93. The number of halogens is 2. The van der Waals surface area contributed by atoms with Crippen LogP contribution in [0.4, 0.5) is 8.78 Å². The van der Waals surface area contributed by atoms with E-state index in [0.29, 0.717) is 11.8 Å². The van der Waals surface area contributed by atoms with Crippen LogP contribution in [0.15, 0.2) is 12.1 Å². The molecule has 0 radical (unpaired) electrons. The fourth-order valence-electron chi connectivity index (χ4n) is 3.14. The van der Waals surface area contributed by atoms with Crippen LogP contribution in [0.25, 0.3) is 0 Å². The molecule has 1 saturated heterocycles. The minimum atomic E-state index is -0.993. The second-order valence-corrected chi connectivity index (χ2v) is 5.83. The number of aldehydes is 1. The first-order valence-corrected chi connectivity index (χ1v) is 8.93. The van der Waals surface area contributed by atoms with Crippen LogP contribution in [0.2, 0.25) is 0 Å². The molecule has 1 aromatic rings.